The van der Waals surface area contributed by atoms with E-state index in [1.165, 1.54) is 11.1 Å². The van der Waals surface area contributed by atoms with E-state index in [2.05, 4.69) is 18.3 Å². The van der Waals surface area contributed by atoms with Gasteiger partial charge in [0, 0.05) is 12.2 Å². The number of aryl methyl sites for hydroxylation is 2. The Morgan fingerprint density at radius 2 is 1.50 bits per heavy atom. The summed E-state index contributed by atoms with van der Waals surface area (Å²) in [6, 6.07) is 12.0. The number of benzene rings is 2. The van der Waals surface area contributed by atoms with Crippen LogP contribution < -0.4 is 16.8 Å². The predicted octanol–water partition coefficient (Wildman–Crippen LogP) is 3.08. The standard InChI is InChI=1S/C15H19N3/c1-10-3-5-13(16)12(7-10)9-18-15-8-11(2)4-6-14(15)17/h3-8,18H,9,16-17H2,1-2H3. The van der Waals surface area contributed by atoms with Crippen molar-refractivity contribution in [3.05, 3.63) is 53.1 Å². The molecule has 0 saturated carbocycles. The zero-order valence-corrected chi connectivity index (χ0v) is 10.8. The van der Waals surface area contributed by atoms with Crippen LogP contribution in [0.5, 0.6) is 0 Å². The fourth-order valence-corrected chi connectivity index (χ4v) is 1.90. The molecule has 0 spiro atoms. The molecule has 5 N–H and O–H groups in total. The summed E-state index contributed by atoms with van der Waals surface area (Å²) in [5.74, 6) is 0. The molecule has 0 bridgehead atoms. The maximum absolute atomic E-state index is 5.95. The minimum atomic E-state index is 0.682. The first-order valence-electron chi connectivity index (χ1n) is 6.01. The smallest absolute Gasteiger partial charge is 0.0579 e. The summed E-state index contributed by atoms with van der Waals surface area (Å²) in [5, 5.41) is 3.33. The molecular formula is C15H19N3. The maximum atomic E-state index is 5.95. The van der Waals surface area contributed by atoms with Crippen LogP contribution in [-0.2, 0) is 6.54 Å². The van der Waals surface area contributed by atoms with Crippen LogP contribution in [0.3, 0.4) is 0 Å². The van der Waals surface area contributed by atoms with Crippen molar-refractivity contribution >= 4 is 17.1 Å². The highest BCUT2D eigenvalue weighted by molar-refractivity contribution is 5.67. The van der Waals surface area contributed by atoms with Crippen LogP contribution in [0.2, 0.25) is 0 Å². The number of hydrogen-bond donors (Lipinski definition) is 3. The summed E-state index contributed by atoms with van der Waals surface area (Å²) in [6.45, 7) is 4.79. The lowest BCUT2D eigenvalue weighted by molar-refractivity contribution is 1.14. The number of hydrogen-bond acceptors (Lipinski definition) is 3. The second-order valence-electron chi connectivity index (χ2n) is 4.65. The lowest BCUT2D eigenvalue weighted by Gasteiger charge is -2.12. The summed E-state index contributed by atoms with van der Waals surface area (Å²) in [5.41, 5.74) is 17.9. The third kappa shape index (κ3) is 2.74. The largest absolute Gasteiger partial charge is 0.398 e. The molecule has 0 unspecified atom stereocenters. The fraction of sp³-hybridized carbons (Fsp3) is 0.200. The monoisotopic (exact) mass is 241 g/mol. The molecular weight excluding hydrogens is 222 g/mol. The Morgan fingerprint density at radius 1 is 0.889 bits per heavy atom. The lowest BCUT2D eigenvalue weighted by Crippen LogP contribution is -2.05. The Labute approximate surface area is 108 Å². The van der Waals surface area contributed by atoms with Crippen molar-refractivity contribution < 1.29 is 0 Å². The van der Waals surface area contributed by atoms with Crippen molar-refractivity contribution in [1.29, 1.82) is 0 Å². The zero-order valence-electron chi connectivity index (χ0n) is 10.8. The Bertz CT molecular complexity index is 510. The summed E-state index contributed by atoms with van der Waals surface area (Å²) < 4.78 is 0. The Hall–Kier alpha value is -2.16. The van der Waals surface area contributed by atoms with Gasteiger partial charge in [-0.05, 0) is 43.2 Å². The molecule has 3 heteroatoms. The first-order valence-corrected chi connectivity index (χ1v) is 6.01. The van der Waals surface area contributed by atoms with Crippen molar-refractivity contribution in [2.45, 2.75) is 20.4 Å². The minimum absolute atomic E-state index is 0.682. The topological polar surface area (TPSA) is 64.1 Å². The van der Waals surface area contributed by atoms with Crippen LogP contribution in [0.25, 0.3) is 0 Å². The van der Waals surface area contributed by atoms with Gasteiger partial charge in [-0.25, -0.2) is 0 Å². The molecule has 0 fully saturated rings. The molecule has 2 aromatic carbocycles. The van der Waals surface area contributed by atoms with Gasteiger partial charge in [-0.15, -0.1) is 0 Å². The van der Waals surface area contributed by atoms with Crippen LogP contribution in [-0.4, -0.2) is 0 Å². The van der Waals surface area contributed by atoms with E-state index in [1.54, 1.807) is 0 Å². The number of nitrogens with two attached hydrogens (primary N) is 2. The molecule has 94 valence electrons. The van der Waals surface area contributed by atoms with Crippen molar-refractivity contribution in [3.8, 4) is 0 Å². The second-order valence-corrected chi connectivity index (χ2v) is 4.65. The molecule has 0 aliphatic heterocycles. The number of rotatable bonds is 3. The Morgan fingerprint density at radius 3 is 2.22 bits per heavy atom. The van der Waals surface area contributed by atoms with Crippen LogP contribution >= 0.6 is 0 Å². The van der Waals surface area contributed by atoms with Gasteiger partial charge in [0.2, 0.25) is 0 Å². The van der Waals surface area contributed by atoms with E-state index in [-0.39, 0.29) is 0 Å². The Kier molecular flexibility index (Phi) is 3.42. The summed E-state index contributed by atoms with van der Waals surface area (Å²) in [7, 11) is 0. The quantitative estimate of drug-likeness (QED) is 0.723. The lowest BCUT2D eigenvalue weighted by atomic mass is 10.1. The fourth-order valence-electron chi connectivity index (χ4n) is 1.90. The number of nitrogens with one attached hydrogen (secondary N) is 1. The maximum Gasteiger partial charge on any atom is 0.0579 e. The third-order valence-corrected chi connectivity index (χ3v) is 2.98. The van der Waals surface area contributed by atoms with E-state index in [0.29, 0.717) is 6.54 Å². The van der Waals surface area contributed by atoms with Crippen LogP contribution in [0.15, 0.2) is 36.4 Å². The van der Waals surface area contributed by atoms with Gasteiger partial charge in [-0.1, -0.05) is 23.8 Å². The average Bonchev–Trinajstić information content (AvgIpc) is 2.34. The normalized spacial score (nSPS) is 10.3. The van der Waals surface area contributed by atoms with Crippen molar-refractivity contribution in [2.75, 3.05) is 16.8 Å². The van der Waals surface area contributed by atoms with Gasteiger partial charge < -0.3 is 16.8 Å². The molecule has 0 aliphatic rings. The molecule has 0 radical (unpaired) electrons. The van der Waals surface area contributed by atoms with E-state index in [0.717, 1.165) is 22.6 Å². The molecule has 2 aromatic rings. The number of nitrogen functional groups attached to an aromatic ring is 2. The van der Waals surface area contributed by atoms with Gasteiger partial charge in [0.1, 0.15) is 0 Å². The highest BCUT2D eigenvalue weighted by Crippen LogP contribution is 2.22. The van der Waals surface area contributed by atoms with Gasteiger partial charge in [-0.3, -0.25) is 0 Å². The molecule has 0 atom stereocenters. The van der Waals surface area contributed by atoms with E-state index < -0.39 is 0 Å². The van der Waals surface area contributed by atoms with E-state index >= 15 is 0 Å². The van der Waals surface area contributed by atoms with Gasteiger partial charge in [0.15, 0.2) is 0 Å². The minimum Gasteiger partial charge on any atom is -0.398 e. The molecule has 0 saturated heterocycles. The number of anilines is 3. The van der Waals surface area contributed by atoms with Gasteiger partial charge in [-0.2, -0.15) is 0 Å². The average molecular weight is 241 g/mol. The second kappa shape index (κ2) is 5.00. The van der Waals surface area contributed by atoms with E-state index in [1.807, 2.05) is 37.3 Å². The van der Waals surface area contributed by atoms with Gasteiger partial charge >= 0.3 is 0 Å². The zero-order chi connectivity index (χ0) is 13.1. The Balaban J connectivity index is 2.16. The first-order chi connectivity index (χ1) is 8.56. The highest BCUT2D eigenvalue weighted by atomic mass is 14.9. The SMILES string of the molecule is Cc1ccc(N)c(CNc2cc(C)ccc2N)c1. The molecule has 0 aliphatic carbocycles. The van der Waals surface area contributed by atoms with E-state index in [9.17, 15) is 0 Å². The van der Waals surface area contributed by atoms with Gasteiger partial charge in [0.25, 0.3) is 0 Å². The van der Waals surface area contributed by atoms with Gasteiger partial charge in [0.05, 0.1) is 11.4 Å². The summed E-state index contributed by atoms with van der Waals surface area (Å²) in [4.78, 5) is 0. The van der Waals surface area contributed by atoms with Crippen LogP contribution in [0, 0.1) is 13.8 Å². The molecule has 0 aromatic heterocycles. The van der Waals surface area contributed by atoms with Crippen molar-refractivity contribution in [3.63, 3.8) is 0 Å². The highest BCUT2D eigenvalue weighted by Gasteiger charge is 2.02. The van der Waals surface area contributed by atoms with Crippen molar-refractivity contribution in [1.82, 2.24) is 0 Å². The summed E-state index contributed by atoms with van der Waals surface area (Å²) >= 11 is 0. The third-order valence-electron chi connectivity index (χ3n) is 2.98. The predicted molar refractivity (Wildman–Crippen MR) is 78.5 cm³/mol. The first kappa shape index (κ1) is 12.3. The van der Waals surface area contributed by atoms with Crippen molar-refractivity contribution in [2.24, 2.45) is 0 Å². The molecule has 0 heterocycles. The summed E-state index contributed by atoms with van der Waals surface area (Å²) in [6.07, 6.45) is 0. The van der Waals surface area contributed by atoms with E-state index in [4.69, 9.17) is 11.5 Å². The van der Waals surface area contributed by atoms with Crippen LogP contribution in [0.4, 0.5) is 17.1 Å². The molecule has 2 rings (SSSR count). The molecule has 3 nitrogen and oxygen atoms in total. The molecule has 0 amide bonds. The van der Waals surface area contributed by atoms with Crippen LogP contribution in [0.1, 0.15) is 16.7 Å². The molecule has 18 heavy (non-hydrogen) atoms.